The highest BCUT2D eigenvalue weighted by atomic mass is 16.5. The predicted octanol–water partition coefficient (Wildman–Crippen LogP) is 0.313. The topological polar surface area (TPSA) is 66.8 Å². The molecule has 1 aliphatic carbocycles. The van der Waals surface area contributed by atoms with Gasteiger partial charge in [0.25, 0.3) is 0 Å². The Kier molecular flexibility index (Phi) is 5.25. The van der Waals surface area contributed by atoms with E-state index in [0.29, 0.717) is 0 Å². The molecule has 16 heavy (non-hydrogen) atoms. The number of aliphatic hydroxyl groups is 1. The van der Waals surface area contributed by atoms with Crippen LogP contribution in [0.5, 0.6) is 0 Å². The van der Waals surface area contributed by atoms with E-state index >= 15 is 0 Å². The van der Waals surface area contributed by atoms with Crippen LogP contribution in [0.2, 0.25) is 0 Å². The van der Waals surface area contributed by atoms with Crippen LogP contribution in [-0.4, -0.2) is 47.7 Å². The summed E-state index contributed by atoms with van der Waals surface area (Å²) >= 11 is 0. The van der Waals surface area contributed by atoms with Gasteiger partial charge in [0.05, 0.1) is 13.2 Å². The van der Waals surface area contributed by atoms with Crippen LogP contribution >= 0.6 is 0 Å². The number of carbonyl (C=O) groups is 2. The molecule has 5 nitrogen and oxygen atoms in total. The number of nitrogens with zero attached hydrogens (tertiary/aromatic N) is 1. The lowest BCUT2D eigenvalue weighted by molar-refractivity contribution is -0.161. The van der Waals surface area contributed by atoms with Crippen LogP contribution in [0, 0.1) is 0 Å². The van der Waals surface area contributed by atoms with Crippen molar-refractivity contribution in [1.82, 2.24) is 4.90 Å². The number of hydrogen-bond donors (Lipinski definition) is 1. The smallest absolute Gasteiger partial charge is 0.397 e. The van der Waals surface area contributed by atoms with Crippen molar-refractivity contribution in [2.45, 2.75) is 38.6 Å². The number of carbonyl (C=O) groups excluding carboxylic acids is 2. The molecule has 1 rings (SSSR count). The molecular weight excluding hydrogens is 210 g/mol. The quantitative estimate of drug-likeness (QED) is 0.556. The highest BCUT2D eigenvalue weighted by Gasteiger charge is 2.30. The Morgan fingerprint density at radius 3 is 2.50 bits per heavy atom. The van der Waals surface area contributed by atoms with Gasteiger partial charge in [-0.2, -0.15) is 0 Å². The monoisotopic (exact) mass is 229 g/mol. The molecule has 1 aliphatic rings. The third kappa shape index (κ3) is 3.20. The van der Waals surface area contributed by atoms with E-state index in [1.165, 1.54) is 4.90 Å². The van der Waals surface area contributed by atoms with Gasteiger partial charge in [-0.1, -0.05) is 12.8 Å². The maximum absolute atomic E-state index is 11.8. The first kappa shape index (κ1) is 13.0. The van der Waals surface area contributed by atoms with Crippen molar-refractivity contribution in [1.29, 1.82) is 0 Å². The summed E-state index contributed by atoms with van der Waals surface area (Å²) in [6.07, 6.45) is 3.96. The van der Waals surface area contributed by atoms with Crippen molar-refractivity contribution < 1.29 is 19.4 Å². The van der Waals surface area contributed by atoms with Gasteiger partial charge >= 0.3 is 11.9 Å². The fraction of sp³-hybridized carbons (Fsp3) is 0.818. The van der Waals surface area contributed by atoms with E-state index < -0.39 is 11.9 Å². The predicted molar refractivity (Wildman–Crippen MR) is 57.7 cm³/mol. The molecule has 1 amide bonds. The third-order valence-electron chi connectivity index (χ3n) is 2.82. The van der Waals surface area contributed by atoms with Gasteiger partial charge in [-0.25, -0.2) is 4.79 Å². The van der Waals surface area contributed by atoms with Gasteiger partial charge in [0.15, 0.2) is 0 Å². The molecule has 0 atom stereocenters. The van der Waals surface area contributed by atoms with Gasteiger partial charge in [0, 0.05) is 12.6 Å². The molecule has 0 aromatic carbocycles. The van der Waals surface area contributed by atoms with E-state index in [4.69, 9.17) is 5.11 Å². The maximum Gasteiger partial charge on any atom is 0.397 e. The average Bonchev–Trinajstić information content (AvgIpc) is 2.78. The lowest BCUT2D eigenvalue weighted by Crippen LogP contribution is -2.45. The SMILES string of the molecule is CCOC(=O)C(=O)N(CCO)C1CCCC1. The third-order valence-corrected chi connectivity index (χ3v) is 2.82. The second-order valence-corrected chi connectivity index (χ2v) is 3.88. The second kappa shape index (κ2) is 6.48. The summed E-state index contributed by atoms with van der Waals surface area (Å²) in [5.74, 6) is -1.44. The molecule has 0 saturated heterocycles. The summed E-state index contributed by atoms with van der Waals surface area (Å²) in [6.45, 7) is 1.95. The summed E-state index contributed by atoms with van der Waals surface area (Å²) in [6, 6.07) is 0.0871. The molecular formula is C11H19NO4. The van der Waals surface area contributed by atoms with Gasteiger partial charge in [0.1, 0.15) is 0 Å². The molecule has 0 bridgehead atoms. The summed E-state index contributed by atoms with van der Waals surface area (Å²) in [5, 5.41) is 8.91. The van der Waals surface area contributed by atoms with E-state index in [2.05, 4.69) is 4.74 Å². The van der Waals surface area contributed by atoms with E-state index in [1.807, 2.05) is 0 Å². The summed E-state index contributed by atoms with van der Waals surface area (Å²) in [7, 11) is 0. The minimum Gasteiger partial charge on any atom is -0.459 e. The van der Waals surface area contributed by atoms with Gasteiger partial charge in [-0.3, -0.25) is 4.79 Å². The Hall–Kier alpha value is -1.10. The number of hydrogen-bond acceptors (Lipinski definition) is 4. The summed E-state index contributed by atoms with van der Waals surface area (Å²) in [5.41, 5.74) is 0. The molecule has 0 unspecified atom stereocenters. The molecule has 0 heterocycles. The largest absolute Gasteiger partial charge is 0.459 e. The fourth-order valence-corrected chi connectivity index (χ4v) is 2.08. The molecule has 0 aromatic rings. The van der Waals surface area contributed by atoms with Crippen molar-refractivity contribution in [3.05, 3.63) is 0 Å². The van der Waals surface area contributed by atoms with Crippen molar-refractivity contribution in [3.63, 3.8) is 0 Å². The van der Waals surface area contributed by atoms with Crippen LogP contribution < -0.4 is 0 Å². The molecule has 1 fully saturated rings. The van der Waals surface area contributed by atoms with E-state index in [0.717, 1.165) is 25.7 Å². The zero-order chi connectivity index (χ0) is 12.0. The van der Waals surface area contributed by atoms with Crippen LogP contribution in [0.3, 0.4) is 0 Å². The molecule has 0 aromatic heterocycles. The summed E-state index contributed by atoms with van der Waals surface area (Å²) < 4.78 is 4.68. The lowest BCUT2D eigenvalue weighted by atomic mass is 10.2. The van der Waals surface area contributed by atoms with E-state index in [9.17, 15) is 9.59 Å². The zero-order valence-corrected chi connectivity index (χ0v) is 9.65. The first-order valence-corrected chi connectivity index (χ1v) is 5.79. The average molecular weight is 229 g/mol. The Morgan fingerprint density at radius 1 is 1.38 bits per heavy atom. The van der Waals surface area contributed by atoms with Crippen molar-refractivity contribution in [3.8, 4) is 0 Å². The minimum absolute atomic E-state index is 0.0871. The molecule has 0 radical (unpaired) electrons. The lowest BCUT2D eigenvalue weighted by Gasteiger charge is -2.27. The summed E-state index contributed by atoms with van der Waals surface area (Å²) in [4.78, 5) is 24.5. The van der Waals surface area contributed by atoms with Crippen LogP contribution in [0.15, 0.2) is 0 Å². The van der Waals surface area contributed by atoms with Crippen LogP contribution in [0.1, 0.15) is 32.6 Å². The molecule has 1 N–H and O–H groups in total. The van der Waals surface area contributed by atoms with Crippen molar-refractivity contribution >= 4 is 11.9 Å². The normalized spacial score (nSPS) is 16.1. The zero-order valence-electron chi connectivity index (χ0n) is 9.65. The van der Waals surface area contributed by atoms with Gasteiger partial charge in [0.2, 0.25) is 0 Å². The van der Waals surface area contributed by atoms with Gasteiger partial charge in [-0.15, -0.1) is 0 Å². The van der Waals surface area contributed by atoms with Gasteiger partial charge in [-0.05, 0) is 19.8 Å². The van der Waals surface area contributed by atoms with Crippen LogP contribution in [-0.2, 0) is 14.3 Å². The van der Waals surface area contributed by atoms with Crippen molar-refractivity contribution in [2.75, 3.05) is 19.8 Å². The fourth-order valence-electron chi connectivity index (χ4n) is 2.08. The molecule has 0 spiro atoms. The molecule has 92 valence electrons. The van der Waals surface area contributed by atoms with E-state index in [1.54, 1.807) is 6.92 Å². The van der Waals surface area contributed by atoms with Crippen LogP contribution in [0.4, 0.5) is 0 Å². The van der Waals surface area contributed by atoms with Gasteiger partial charge < -0.3 is 14.7 Å². The standard InChI is InChI=1S/C11H19NO4/c1-2-16-11(15)10(14)12(7-8-13)9-5-3-4-6-9/h9,13H,2-8H2,1H3. The second-order valence-electron chi connectivity index (χ2n) is 3.88. The number of aliphatic hydroxyl groups excluding tert-OH is 1. The first-order valence-electron chi connectivity index (χ1n) is 5.79. The van der Waals surface area contributed by atoms with Crippen molar-refractivity contribution in [2.24, 2.45) is 0 Å². The highest BCUT2D eigenvalue weighted by Crippen LogP contribution is 2.23. The number of rotatable bonds is 4. The Morgan fingerprint density at radius 2 is 2.00 bits per heavy atom. The molecule has 5 heteroatoms. The van der Waals surface area contributed by atoms with E-state index in [-0.39, 0.29) is 25.8 Å². The number of amides is 1. The number of ether oxygens (including phenoxy) is 1. The molecule has 0 aliphatic heterocycles. The minimum atomic E-state index is -0.817. The maximum atomic E-state index is 11.8. The van der Waals surface area contributed by atoms with Crippen LogP contribution in [0.25, 0.3) is 0 Å². The number of esters is 1. The molecule has 1 saturated carbocycles. The first-order chi connectivity index (χ1) is 7.70. The Balaban J connectivity index is 2.60. The Bertz CT molecular complexity index is 248. The highest BCUT2D eigenvalue weighted by molar-refractivity contribution is 6.32. The Labute approximate surface area is 95.4 Å².